The monoisotopic (exact) mass is 159 g/mol. The van der Waals surface area contributed by atoms with Crippen LogP contribution in [0.2, 0.25) is 0 Å². The summed E-state index contributed by atoms with van der Waals surface area (Å²) in [5.41, 5.74) is 0.214. The number of aliphatic hydroxyl groups excluding tert-OH is 1. The average molecular weight is 159 g/mol. The second-order valence-corrected chi connectivity index (χ2v) is 3.22. The summed E-state index contributed by atoms with van der Waals surface area (Å²) in [5.74, 6) is 0. The smallest absolute Gasteiger partial charge is 0.0485 e. The van der Waals surface area contributed by atoms with Crippen LogP contribution in [0.5, 0.6) is 0 Å². The Balaban J connectivity index is 0.000000461. The fourth-order valence-electron chi connectivity index (χ4n) is 1.19. The molecule has 1 heterocycles. The summed E-state index contributed by atoms with van der Waals surface area (Å²) >= 11 is 0. The lowest BCUT2D eigenvalue weighted by molar-refractivity contribution is 0.107. The van der Waals surface area contributed by atoms with E-state index in [-0.39, 0.29) is 5.41 Å². The maximum Gasteiger partial charge on any atom is 0.0485 e. The Morgan fingerprint density at radius 2 is 1.73 bits per heavy atom. The van der Waals surface area contributed by atoms with Gasteiger partial charge in [-0.15, -0.1) is 0 Å². The third-order valence-corrected chi connectivity index (χ3v) is 2.19. The van der Waals surface area contributed by atoms with Gasteiger partial charge in [0.25, 0.3) is 0 Å². The van der Waals surface area contributed by atoms with Crippen molar-refractivity contribution in [2.24, 2.45) is 5.41 Å². The number of aliphatic hydroxyl groups is 1. The summed E-state index contributed by atoms with van der Waals surface area (Å²) in [7, 11) is 0. The fourth-order valence-corrected chi connectivity index (χ4v) is 1.19. The lowest BCUT2D eigenvalue weighted by Crippen LogP contribution is -2.36. The van der Waals surface area contributed by atoms with Gasteiger partial charge in [-0.2, -0.15) is 0 Å². The van der Waals surface area contributed by atoms with Crippen LogP contribution in [0.15, 0.2) is 0 Å². The second kappa shape index (κ2) is 5.56. The number of rotatable bonds is 1. The van der Waals surface area contributed by atoms with E-state index in [1.807, 2.05) is 13.8 Å². The molecule has 2 heteroatoms. The molecule has 0 saturated carbocycles. The molecular formula is C9H21NO. The molecule has 2 N–H and O–H groups in total. The van der Waals surface area contributed by atoms with Gasteiger partial charge in [0.1, 0.15) is 0 Å². The maximum atomic E-state index is 8.92. The first-order valence-electron chi connectivity index (χ1n) is 4.58. The topological polar surface area (TPSA) is 32.3 Å². The van der Waals surface area contributed by atoms with Crippen molar-refractivity contribution in [1.82, 2.24) is 5.32 Å². The van der Waals surface area contributed by atoms with Crippen molar-refractivity contribution in [2.75, 3.05) is 19.7 Å². The van der Waals surface area contributed by atoms with Crippen molar-refractivity contribution in [3.05, 3.63) is 0 Å². The van der Waals surface area contributed by atoms with Crippen molar-refractivity contribution in [3.63, 3.8) is 0 Å². The van der Waals surface area contributed by atoms with Gasteiger partial charge in [0.15, 0.2) is 0 Å². The van der Waals surface area contributed by atoms with Gasteiger partial charge in [-0.25, -0.2) is 0 Å². The molecule has 1 fully saturated rings. The van der Waals surface area contributed by atoms with Crippen molar-refractivity contribution >= 4 is 0 Å². The molecule has 1 aliphatic heterocycles. The zero-order chi connectivity index (χ0) is 8.74. The molecule has 0 radical (unpaired) electrons. The third-order valence-electron chi connectivity index (χ3n) is 2.19. The largest absolute Gasteiger partial charge is 0.396 e. The number of hydrogen-bond acceptors (Lipinski definition) is 2. The highest BCUT2D eigenvalue weighted by Gasteiger charge is 2.24. The Hall–Kier alpha value is -0.0800. The van der Waals surface area contributed by atoms with Crippen LogP contribution in [0.25, 0.3) is 0 Å². The van der Waals surface area contributed by atoms with Gasteiger partial charge in [-0.05, 0) is 31.3 Å². The molecule has 68 valence electrons. The summed E-state index contributed by atoms with van der Waals surface area (Å²) in [5, 5.41) is 12.2. The minimum absolute atomic E-state index is 0.214. The van der Waals surface area contributed by atoms with Crippen LogP contribution >= 0.6 is 0 Å². The SMILES string of the molecule is CC.CC1(CO)CCNCC1. The van der Waals surface area contributed by atoms with Gasteiger partial charge in [-0.1, -0.05) is 20.8 Å². The highest BCUT2D eigenvalue weighted by Crippen LogP contribution is 2.26. The first-order valence-corrected chi connectivity index (χ1v) is 4.58. The van der Waals surface area contributed by atoms with Gasteiger partial charge >= 0.3 is 0 Å². The van der Waals surface area contributed by atoms with E-state index in [2.05, 4.69) is 12.2 Å². The minimum Gasteiger partial charge on any atom is -0.396 e. The lowest BCUT2D eigenvalue weighted by Gasteiger charge is -2.31. The molecule has 2 nitrogen and oxygen atoms in total. The van der Waals surface area contributed by atoms with E-state index in [0.717, 1.165) is 25.9 Å². The maximum absolute atomic E-state index is 8.92. The first-order chi connectivity index (χ1) is 5.27. The van der Waals surface area contributed by atoms with Crippen LogP contribution < -0.4 is 5.32 Å². The number of nitrogens with one attached hydrogen (secondary N) is 1. The van der Waals surface area contributed by atoms with E-state index in [1.54, 1.807) is 0 Å². The van der Waals surface area contributed by atoms with Crippen molar-refractivity contribution in [1.29, 1.82) is 0 Å². The van der Waals surface area contributed by atoms with Gasteiger partial charge in [0.2, 0.25) is 0 Å². The third kappa shape index (κ3) is 3.73. The molecule has 0 unspecified atom stereocenters. The Labute approximate surface area is 70.0 Å². The molecule has 1 aliphatic rings. The van der Waals surface area contributed by atoms with Crippen molar-refractivity contribution in [3.8, 4) is 0 Å². The molecule has 1 rings (SSSR count). The Kier molecular flexibility index (Phi) is 5.51. The van der Waals surface area contributed by atoms with Gasteiger partial charge in [0.05, 0.1) is 0 Å². The molecule has 0 aromatic rings. The van der Waals surface area contributed by atoms with Gasteiger partial charge in [-0.3, -0.25) is 0 Å². The summed E-state index contributed by atoms with van der Waals surface area (Å²) in [6.07, 6.45) is 2.23. The van der Waals surface area contributed by atoms with Crippen LogP contribution in [-0.2, 0) is 0 Å². The van der Waals surface area contributed by atoms with Crippen molar-refractivity contribution in [2.45, 2.75) is 33.6 Å². The Morgan fingerprint density at radius 3 is 2.00 bits per heavy atom. The van der Waals surface area contributed by atoms with E-state index >= 15 is 0 Å². The van der Waals surface area contributed by atoms with E-state index in [9.17, 15) is 0 Å². The standard InChI is InChI=1S/C7H15NO.C2H6/c1-7(6-9)2-4-8-5-3-7;1-2/h8-9H,2-6H2,1H3;1-2H3. The Morgan fingerprint density at radius 1 is 1.27 bits per heavy atom. The Bertz CT molecular complexity index is 87.6. The minimum atomic E-state index is 0.214. The van der Waals surface area contributed by atoms with Crippen LogP contribution in [0, 0.1) is 5.41 Å². The molecule has 1 saturated heterocycles. The second-order valence-electron chi connectivity index (χ2n) is 3.22. The summed E-state index contributed by atoms with van der Waals surface area (Å²) in [4.78, 5) is 0. The molecule has 0 amide bonds. The summed E-state index contributed by atoms with van der Waals surface area (Å²) in [6.45, 7) is 8.62. The van der Waals surface area contributed by atoms with Crippen molar-refractivity contribution < 1.29 is 5.11 Å². The molecule has 0 spiro atoms. The van der Waals surface area contributed by atoms with Crippen LogP contribution in [0.4, 0.5) is 0 Å². The zero-order valence-electron chi connectivity index (χ0n) is 7.98. The van der Waals surface area contributed by atoms with Crippen LogP contribution in [0.3, 0.4) is 0 Å². The summed E-state index contributed by atoms with van der Waals surface area (Å²) in [6, 6.07) is 0. The van der Waals surface area contributed by atoms with Gasteiger partial charge < -0.3 is 10.4 Å². The normalized spacial score (nSPS) is 21.8. The van der Waals surface area contributed by atoms with E-state index in [1.165, 1.54) is 0 Å². The zero-order valence-corrected chi connectivity index (χ0v) is 7.98. The number of piperidine rings is 1. The molecule has 11 heavy (non-hydrogen) atoms. The van der Waals surface area contributed by atoms with E-state index < -0.39 is 0 Å². The van der Waals surface area contributed by atoms with Gasteiger partial charge in [0, 0.05) is 6.61 Å². The fraction of sp³-hybridized carbons (Fsp3) is 1.00. The molecule has 0 aromatic carbocycles. The molecular weight excluding hydrogens is 138 g/mol. The van der Waals surface area contributed by atoms with Crippen LogP contribution in [-0.4, -0.2) is 24.8 Å². The predicted molar refractivity (Wildman–Crippen MR) is 48.6 cm³/mol. The average Bonchev–Trinajstić information content (AvgIpc) is 2.10. The molecule has 0 atom stereocenters. The highest BCUT2D eigenvalue weighted by atomic mass is 16.3. The van der Waals surface area contributed by atoms with E-state index in [4.69, 9.17) is 5.11 Å². The highest BCUT2D eigenvalue weighted by molar-refractivity contribution is 4.79. The van der Waals surface area contributed by atoms with E-state index in [0.29, 0.717) is 6.61 Å². The molecule has 0 aliphatic carbocycles. The summed E-state index contributed by atoms with van der Waals surface area (Å²) < 4.78 is 0. The quantitative estimate of drug-likeness (QED) is 0.606. The van der Waals surface area contributed by atoms with Crippen LogP contribution in [0.1, 0.15) is 33.6 Å². The lowest BCUT2D eigenvalue weighted by atomic mass is 9.82. The number of hydrogen-bond donors (Lipinski definition) is 2. The molecule has 0 aromatic heterocycles. The molecule has 0 bridgehead atoms. The predicted octanol–water partition coefficient (Wildman–Crippen LogP) is 1.39. The first kappa shape index (κ1) is 10.9.